The lowest BCUT2D eigenvalue weighted by Gasteiger charge is -2.05. The van der Waals surface area contributed by atoms with E-state index >= 15 is 0 Å². The smallest absolute Gasteiger partial charge is 0.322 e. The summed E-state index contributed by atoms with van der Waals surface area (Å²) in [5.41, 5.74) is 0. The standard InChI is InChI=1S/C6H10BrNO2/c1-10-6(9)5-2-4(7)3-8-5/h4-5,8H,2-3H2,1H3/t4?,5-/m0/s1. The van der Waals surface area contributed by atoms with Gasteiger partial charge in [-0.05, 0) is 6.42 Å². The Hall–Kier alpha value is -0.0900. The van der Waals surface area contributed by atoms with Gasteiger partial charge in [-0.3, -0.25) is 4.79 Å². The zero-order valence-corrected chi connectivity index (χ0v) is 7.35. The van der Waals surface area contributed by atoms with E-state index in [0.29, 0.717) is 4.83 Å². The van der Waals surface area contributed by atoms with Gasteiger partial charge in [-0.25, -0.2) is 0 Å². The minimum atomic E-state index is -0.165. The summed E-state index contributed by atoms with van der Waals surface area (Å²) in [5.74, 6) is -0.165. The third kappa shape index (κ3) is 1.70. The highest BCUT2D eigenvalue weighted by Crippen LogP contribution is 2.14. The van der Waals surface area contributed by atoms with E-state index in [-0.39, 0.29) is 12.0 Å². The van der Waals surface area contributed by atoms with Gasteiger partial charge in [0.2, 0.25) is 0 Å². The van der Waals surface area contributed by atoms with Crippen molar-refractivity contribution in [1.29, 1.82) is 0 Å². The van der Waals surface area contributed by atoms with Crippen molar-refractivity contribution < 1.29 is 9.53 Å². The summed E-state index contributed by atoms with van der Waals surface area (Å²) in [5, 5.41) is 3.04. The molecule has 0 aromatic heterocycles. The van der Waals surface area contributed by atoms with Crippen molar-refractivity contribution in [3.8, 4) is 0 Å². The predicted octanol–water partition coefficient (Wildman–Crippen LogP) is 0.285. The maximum atomic E-state index is 10.9. The summed E-state index contributed by atoms with van der Waals surface area (Å²) in [4.78, 5) is 11.3. The van der Waals surface area contributed by atoms with Crippen LogP contribution in [0.1, 0.15) is 6.42 Å². The van der Waals surface area contributed by atoms with E-state index in [2.05, 4.69) is 26.0 Å². The first-order valence-electron chi connectivity index (χ1n) is 3.19. The van der Waals surface area contributed by atoms with E-state index in [0.717, 1.165) is 13.0 Å². The molecule has 0 spiro atoms. The number of halogens is 1. The number of alkyl halides is 1. The summed E-state index contributed by atoms with van der Waals surface area (Å²) >= 11 is 3.41. The van der Waals surface area contributed by atoms with E-state index in [4.69, 9.17) is 0 Å². The average Bonchev–Trinajstić information content (AvgIpc) is 2.34. The number of nitrogens with one attached hydrogen (secondary N) is 1. The molecule has 0 saturated carbocycles. The van der Waals surface area contributed by atoms with Gasteiger partial charge in [-0.1, -0.05) is 15.9 Å². The molecule has 0 aromatic rings. The molecule has 10 heavy (non-hydrogen) atoms. The Morgan fingerprint density at radius 3 is 2.90 bits per heavy atom. The van der Waals surface area contributed by atoms with Crippen LogP contribution in [0.5, 0.6) is 0 Å². The van der Waals surface area contributed by atoms with Crippen LogP contribution >= 0.6 is 15.9 Å². The Labute approximate surface area is 68.3 Å². The highest BCUT2D eigenvalue weighted by molar-refractivity contribution is 9.09. The van der Waals surface area contributed by atoms with Gasteiger partial charge in [0.05, 0.1) is 7.11 Å². The fourth-order valence-electron chi connectivity index (χ4n) is 1.01. The quantitative estimate of drug-likeness (QED) is 0.497. The molecular weight excluding hydrogens is 198 g/mol. The monoisotopic (exact) mass is 207 g/mol. The number of methoxy groups -OCH3 is 1. The maximum Gasteiger partial charge on any atom is 0.322 e. The van der Waals surface area contributed by atoms with Crippen LogP contribution in [0, 0.1) is 0 Å². The van der Waals surface area contributed by atoms with Gasteiger partial charge in [-0.15, -0.1) is 0 Å². The molecule has 1 heterocycles. The van der Waals surface area contributed by atoms with Gasteiger partial charge in [0.15, 0.2) is 0 Å². The molecule has 58 valence electrons. The van der Waals surface area contributed by atoms with Gasteiger partial charge in [-0.2, -0.15) is 0 Å². The molecule has 1 N–H and O–H groups in total. The van der Waals surface area contributed by atoms with Crippen LogP contribution in [0.4, 0.5) is 0 Å². The topological polar surface area (TPSA) is 38.3 Å². The first-order valence-corrected chi connectivity index (χ1v) is 4.11. The molecule has 1 aliphatic heterocycles. The summed E-state index contributed by atoms with van der Waals surface area (Å²) in [7, 11) is 1.41. The lowest BCUT2D eigenvalue weighted by molar-refractivity contribution is -0.142. The van der Waals surface area contributed by atoms with Crippen LogP contribution in [0.25, 0.3) is 0 Å². The summed E-state index contributed by atoms with van der Waals surface area (Å²) < 4.78 is 4.56. The minimum Gasteiger partial charge on any atom is -0.468 e. The number of esters is 1. The first kappa shape index (κ1) is 8.01. The SMILES string of the molecule is COC(=O)[C@@H]1CC(Br)CN1. The van der Waals surface area contributed by atoms with E-state index in [1.165, 1.54) is 7.11 Å². The van der Waals surface area contributed by atoms with Crippen LogP contribution in [0.3, 0.4) is 0 Å². The largest absolute Gasteiger partial charge is 0.468 e. The van der Waals surface area contributed by atoms with Crippen LogP contribution < -0.4 is 5.32 Å². The average molecular weight is 208 g/mol. The Balaban J connectivity index is 2.37. The Morgan fingerprint density at radius 1 is 1.80 bits per heavy atom. The highest BCUT2D eigenvalue weighted by atomic mass is 79.9. The Kier molecular flexibility index (Phi) is 2.68. The normalized spacial score (nSPS) is 32.2. The predicted molar refractivity (Wildman–Crippen MR) is 41.1 cm³/mol. The van der Waals surface area contributed by atoms with Gasteiger partial charge < -0.3 is 10.1 Å². The van der Waals surface area contributed by atoms with Crippen LogP contribution in [-0.2, 0) is 9.53 Å². The molecular formula is C6H10BrNO2. The third-order valence-electron chi connectivity index (χ3n) is 1.56. The van der Waals surface area contributed by atoms with Crippen LogP contribution in [-0.4, -0.2) is 30.5 Å². The summed E-state index contributed by atoms with van der Waals surface area (Å²) in [6.45, 7) is 0.847. The molecule has 0 aliphatic carbocycles. The maximum absolute atomic E-state index is 10.9. The second-order valence-electron chi connectivity index (χ2n) is 2.32. The van der Waals surface area contributed by atoms with Crippen LogP contribution in [0.15, 0.2) is 0 Å². The first-order chi connectivity index (χ1) is 4.74. The van der Waals surface area contributed by atoms with Gasteiger partial charge in [0.25, 0.3) is 0 Å². The van der Waals surface area contributed by atoms with Crippen molar-refractivity contribution in [1.82, 2.24) is 5.32 Å². The second-order valence-corrected chi connectivity index (χ2v) is 3.61. The van der Waals surface area contributed by atoms with Crippen molar-refractivity contribution in [2.45, 2.75) is 17.3 Å². The molecule has 0 bridgehead atoms. The highest BCUT2D eigenvalue weighted by Gasteiger charge is 2.27. The molecule has 1 fully saturated rings. The molecule has 1 aliphatic rings. The fourth-order valence-corrected chi connectivity index (χ4v) is 1.58. The van der Waals surface area contributed by atoms with E-state index in [1.807, 2.05) is 0 Å². The van der Waals surface area contributed by atoms with E-state index in [1.54, 1.807) is 0 Å². The van der Waals surface area contributed by atoms with Crippen molar-refractivity contribution in [2.75, 3.05) is 13.7 Å². The number of carbonyl (C=O) groups excluding carboxylic acids is 1. The fraction of sp³-hybridized carbons (Fsp3) is 0.833. The lowest BCUT2D eigenvalue weighted by Crippen LogP contribution is -2.31. The molecule has 4 heteroatoms. The van der Waals surface area contributed by atoms with Crippen molar-refractivity contribution in [3.63, 3.8) is 0 Å². The lowest BCUT2D eigenvalue weighted by atomic mass is 10.2. The number of hydrogen-bond donors (Lipinski definition) is 1. The van der Waals surface area contributed by atoms with Gasteiger partial charge >= 0.3 is 5.97 Å². The minimum absolute atomic E-state index is 0.102. The molecule has 1 unspecified atom stereocenters. The zero-order chi connectivity index (χ0) is 7.56. The number of carbonyl (C=O) groups is 1. The number of ether oxygens (including phenoxy) is 1. The molecule has 1 saturated heterocycles. The van der Waals surface area contributed by atoms with Crippen molar-refractivity contribution in [2.24, 2.45) is 0 Å². The zero-order valence-electron chi connectivity index (χ0n) is 5.76. The number of hydrogen-bond acceptors (Lipinski definition) is 3. The van der Waals surface area contributed by atoms with Crippen molar-refractivity contribution >= 4 is 21.9 Å². The third-order valence-corrected chi connectivity index (χ3v) is 2.26. The molecule has 0 radical (unpaired) electrons. The number of rotatable bonds is 1. The second kappa shape index (κ2) is 3.34. The van der Waals surface area contributed by atoms with Crippen molar-refractivity contribution in [3.05, 3.63) is 0 Å². The molecule has 1 rings (SSSR count). The van der Waals surface area contributed by atoms with E-state index < -0.39 is 0 Å². The van der Waals surface area contributed by atoms with Crippen LogP contribution in [0.2, 0.25) is 0 Å². The Bertz CT molecular complexity index is 140. The Morgan fingerprint density at radius 2 is 2.50 bits per heavy atom. The van der Waals surface area contributed by atoms with Gasteiger partial charge in [0.1, 0.15) is 6.04 Å². The molecule has 0 aromatic carbocycles. The van der Waals surface area contributed by atoms with Gasteiger partial charge in [0, 0.05) is 11.4 Å². The molecule has 2 atom stereocenters. The summed E-state index contributed by atoms with van der Waals surface area (Å²) in [6, 6.07) is -0.102. The summed E-state index contributed by atoms with van der Waals surface area (Å²) in [6.07, 6.45) is 0.826. The molecule has 3 nitrogen and oxygen atoms in total. The van der Waals surface area contributed by atoms with E-state index in [9.17, 15) is 4.79 Å². The molecule has 0 amide bonds.